The van der Waals surface area contributed by atoms with E-state index in [1.165, 1.54) is 0 Å². The number of hydrogen-bond acceptors (Lipinski definition) is 4. The second-order valence-electron chi connectivity index (χ2n) is 5.74. The number of imidazole rings is 1. The van der Waals surface area contributed by atoms with Crippen LogP contribution in [0.3, 0.4) is 0 Å². The lowest BCUT2D eigenvalue weighted by Gasteiger charge is -2.13. The normalized spacial score (nSPS) is 11.8. The van der Waals surface area contributed by atoms with Crippen molar-refractivity contribution in [3.05, 3.63) is 54.1 Å². The molecular weight excluding hydrogens is 332 g/mol. The molecule has 0 saturated heterocycles. The van der Waals surface area contributed by atoms with Gasteiger partial charge >= 0.3 is 0 Å². The number of fused-ring (bicyclic) bond motifs is 1. The number of nitrogens with zero attached hydrogens (tertiary/aromatic N) is 1. The number of carbonyl (C=O) groups is 2. The molecular formula is C19H20N4O3. The van der Waals surface area contributed by atoms with Crippen LogP contribution in [0.2, 0.25) is 0 Å². The van der Waals surface area contributed by atoms with E-state index in [1.54, 1.807) is 31.2 Å². The molecule has 3 rings (SSSR count). The first-order valence-electron chi connectivity index (χ1n) is 8.36. The zero-order valence-corrected chi connectivity index (χ0v) is 14.6. The number of nitrogens with one attached hydrogen (secondary N) is 3. The van der Waals surface area contributed by atoms with Gasteiger partial charge in [0, 0.05) is 5.56 Å². The van der Waals surface area contributed by atoms with Crippen molar-refractivity contribution >= 4 is 28.8 Å². The zero-order chi connectivity index (χ0) is 18.5. The van der Waals surface area contributed by atoms with Gasteiger partial charge in [-0.2, -0.15) is 0 Å². The van der Waals surface area contributed by atoms with Crippen molar-refractivity contribution in [1.29, 1.82) is 0 Å². The minimum atomic E-state index is -0.720. The molecule has 0 radical (unpaired) electrons. The Morgan fingerprint density at radius 1 is 1.15 bits per heavy atom. The number of aromatic nitrogens is 2. The van der Waals surface area contributed by atoms with Crippen LogP contribution in [0.1, 0.15) is 24.2 Å². The molecule has 1 aromatic heterocycles. The van der Waals surface area contributed by atoms with Gasteiger partial charge in [-0.05, 0) is 50.2 Å². The quantitative estimate of drug-likeness (QED) is 0.635. The molecule has 0 fully saturated rings. The second kappa shape index (κ2) is 7.69. The summed E-state index contributed by atoms with van der Waals surface area (Å²) >= 11 is 0. The molecule has 0 bridgehead atoms. The van der Waals surface area contributed by atoms with E-state index >= 15 is 0 Å². The summed E-state index contributed by atoms with van der Waals surface area (Å²) < 4.78 is 5.34. The number of anilines is 1. The fraction of sp³-hybridized carbons (Fsp3) is 0.211. The first-order valence-corrected chi connectivity index (χ1v) is 8.36. The molecule has 3 N–H and O–H groups in total. The largest absolute Gasteiger partial charge is 0.494 e. The molecule has 0 spiro atoms. The molecule has 7 nitrogen and oxygen atoms in total. The van der Waals surface area contributed by atoms with Crippen LogP contribution in [-0.2, 0) is 4.79 Å². The number of para-hydroxylation sites is 2. The second-order valence-corrected chi connectivity index (χ2v) is 5.74. The van der Waals surface area contributed by atoms with Gasteiger partial charge in [-0.15, -0.1) is 0 Å². The minimum Gasteiger partial charge on any atom is -0.494 e. The molecule has 0 aliphatic carbocycles. The molecule has 2 amide bonds. The van der Waals surface area contributed by atoms with E-state index in [2.05, 4.69) is 20.6 Å². The molecule has 1 atom stereocenters. The van der Waals surface area contributed by atoms with Crippen molar-refractivity contribution < 1.29 is 14.3 Å². The van der Waals surface area contributed by atoms with E-state index in [0.717, 1.165) is 11.0 Å². The Kier molecular flexibility index (Phi) is 5.17. The standard InChI is InChI=1S/C19H20N4O3/c1-3-26-14-10-8-13(9-11-14)18(25)20-12(2)17(24)23-19-21-15-6-4-5-7-16(15)22-19/h4-12H,3H2,1-2H3,(H,20,25)(H2,21,22,23,24). The predicted molar refractivity (Wildman–Crippen MR) is 99.3 cm³/mol. The summed E-state index contributed by atoms with van der Waals surface area (Å²) in [5.41, 5.74) is 2.04. The van der Waals surface area contributed by atoms with Crippen LogP contribution in [0, 0.1) is 0 Å². The molecule has 0 saturated carbocycles. The summed E-state index contributed by atoms with van der Waals surface area (Å²) in [4.78, 5) is 31.9. The summed E-state index contributed by atoms with van der Waals surface area (Å²) in [6.45, 7) is 4.07. The van der Waals surface area contributed by atoms with Crippen molar-refractivity contribution in [3.8, 4) is 5.75 Å². The van der Waals surface area contributed by atoms with Crippen LogP contribution in [-0.4, -0.2) is 34.4 Å². The van der Waals surface area contributed by atoms with Crippen LogP contribution >= 0.6 is 0 Å². The SMILES string of the molecule is CCOc1ccc(C(=O)NC(C)C(=O)Nc2nc3ccccc3[nH]2)cc1. The molecule has 7 heteroatoms. The van der Waals surface area contributed by atoms with E-state index in [0.29, 0.717) is 23.9 Å². The summed E-state index contributed by atoms with van der Waals surface area (Å²) in [7, 11) is 0. The number of H-pyrrole nitrogens is 1. The summed E-state index contributed by atoms with van der Waals surface area (Å²) in [5, 5.41) is 5.34. The van der Waals surface area contributed by atoms with Gasteiger partial charge in [-0.1, -0.05) is 12.1 Å². The van der Waals surface area contributed by atoms with Crippen molar-refractivity contribution in [3.63, 3.8) is 0 Å². The molecule has 3 aromatic rings. The van der Waals surface area contributed by atoms with Crippen molar-refractivity contribution in [2.75, 3.05) is 11.9 Å². The Morgan fingerprint density at radius 3 is 2.58 bits per heavy atom. The Hall–Kier alpha value is -3.35. The van der Waals surface area contributed by atoms with Gasteiger partial charge in [0.15, 0.2) is 0 Å². The van der Waals surface area contributed by atoms with Crippen molar-refractivity contribution in [2.24, 2.45) is 0 Å². The molecule has 2 aromatic carbocycles. The van der Waals surface area contributed by atoms with Crippen molar-refractivity contribution in [1.82, 2.24) is 15.3 Å². The maximum Gasteiger partial charge on any atom is 0.251 e. The first-order chi connectivity index (χ1) is 12.6. The van der Waals surface area contributed by atoms with Gasteiger partial charge < -0.3 is 15.0 Å². The number of amides is 2. The van der Waals surface area contributed by atoms with Crippen LogP contribution in [0.5, 0.6) is 5.75 Å². The van der Waals surface area contributed by atoms with Crippen LogP contribution in [0.4, 0.5) is 5.95 Å². The Morgan fingerprint density at radius 2 is 1.88 bits per heavy atom. The maximum absolute atomic E-state index is 12.3. The number of aromatic amines is 1. The topological polar surface area (TPSA) is 96.1 Å². The number of ether oxygens (including phenoxy) is 1. The van der Waals surface area contributed by atoms with Gasteiger partial charge in [-0.25, -0.2) is 4.98 Å². The van der Waals surface area contributed by atoms with Gasteiger partial charge in [0.25, 0.3) is 5.91 Å². The molecule has 134 valence electrons. The monoisotopic (exact) mass is 352 g/mol. The molecule has 1 unspecified atom stereocenters. The molecule has 0 aliphatic heterocycles. The first kappa shape index (κ1) is 17.5. The fourth-order valence-corrected chi connectivity index (χ4v) is 2.45. The van der Waals surface area contributed by atoms with Crippen molar-refractivity contribution in [2.45, 2.75) is 19.9 Å². The highest BCUT2D eigenvalue weighted by atomic mass is 16.5. The smallest absolute Gasteiger partial charge is 0.251 e. The Labute approximate surface area is 150 Å². The molecule has 26 heavy (non-hydrogen) atoms. The third-order valence-corrected chi connectivity index (χ3v) is 3.80. The summed E-state index contributed by atoms with van der Waals surface area (Å²) in [5.74, 6) is 0.349. The number of rotatable bonds is 6. The highest BCUT2D eigenvalue weighted by Crippen LogP contribution is 2.14. The third-order valence-electron chi connectivity index (χ3n) is 3.80. The maximum atomic E-state index is 12.3. The van der Waals surface area contributed by atoms with Gasteiger partial charge in [0.2, 0.25) is 11.9 Å². The number of benzene rings is 2. The van der Waals surface area contributed by atoms with E-state index in [9.17, 15) is 9.59 Å². The zero-order valence-electron chi connectivity index (χ0n) is 14.6. The van der Waals surface area contributed by atoms with Crippen LogP contribution in [0.25, 0.3) is 11.0 Å². The molecule has 1 heterocycles. The lowest BCUT2D eigenvalue weighted by atomic mass is 10.2. The van der Waals surface area contributed by atoms with Crippen LogP contribution in [0.15, 0.2) is 48.5 Å². The number of hydrogen-bond donors (Lipinski definition) is 3. The van der Waals surface area contributed by atoms with Gasteiger partial charge in [0.05, 0.1) is 17.6 Å². The van der Waals surface area contributed by atoms with E-state index in [4.69, 9.17) is 4.74 Å². The average molecular weight is 352 g/mol. The third kappa shape index (κ3) is 4.00. The fourth-order valence-electron chi connectivity index (χ4n) is 2.45. The van der Waals surface area contributed by atoms with Crippen LogP contribution < -0.4 is 15.4 Å². The van der Waals surface area contributed by atoms with Gasteiger partial charge in [0.1, 0.15) is 11.8 Å². The lowest BCUT2D eigenvalue weighted by Crippen LogP contribution is -2.41. The summed E-state index contributed by atoms with van der Waals surface area (Å²) in [6.07, 6.45) is 0. The minimum absolute atomic E-state index is 0.333. The van der Waals surface area contributed by atoms with E-state index < -0.39 is 6.04 Å². The highest BCUT2D eigenvalue weighted by molar-refractivity contribution is 6.00. The highest BCUT2D eigenvalue weighted by Gasteiger charge is 2.18. The Bertz CT molecular complexity index is 885. The van der Waals surface area contributed by atoms with E-state index in [-0.39, 0.29) is 11.8 Å². The van der Waals surface area contributed by atoms with Gasteiger partial charge in [-0.3, -0.25) is 14.9 Å². The van der Waals surface area contributed by atoms with E-state index in [1.807, 2.05) is 31.2 Å². The lowest BCUT2D eigenvalue weighted by molar-refractivity contribution is -0.117. The molecule has 0 aliphatic rings. The average Bonchev–Trinajstić information content (AvgIpc) is 3.04. The Balaban J connectivity index is 1.60. The summed E-state index contributed by atoms with van der Waals surface area (Å²) in [6, 6.07) is 13.5. The predicted octanol–water partition coefficient (Wildman–Crippen LogP) is 2.72. The number of carbonyl (C=O) groups excluding carboxylic acids is 2.